The second kappa shape index (κ2) is 8.01. The molecule has 0 bridgehead atoms. The average molecular weight is 328 g/mol. The molecule has 0 saturated carbocycles. The minimum atomic E-state index is -0.516. The number of aryl methyl sites for hydroxylation is 2. The first kappa shape index (κ1) is 17.3. The largest absolute Gasteiger partial charge is 0.473 e. The Morgan fingerprint density at radius 3 is 2.54 bits per heavy atom. The second-order valence-electron chi connectivity index (χ2n) is 5.23. The van der Waals surface area contributed by atoms with Crippen molar-refractivity contribution >= 4 is 17.7 Å². The molecule has 0 aliphatic rings. The van der Waals surface area contributed by atoms with Crippen LogP contribution in [0.3, 0.4) is 0 Å². The molecule has 0 spiro atoms. The number of amides is 2. The number of anilines is 1. The van der Waals surface area contributed by atoms with Gasteiger partial charge in [-0.2, -0.15) is 0 Å². The summed E-state index contributed by atoms with van der Waals surface area (Å²) in [6.45, 7) is 3.95. The molecule has 6 heteroatoms. The number of benzene rings is 2. The van der Waals surface area contributed by atoms with Crippen molar-refractivity contribution in [2.75, 3.05) is 19.2 Å². The van der Waals surface area contributed by atoms with Gasteiger partial charge in [-0.25, -0.2) is 9.59 Å². The smallest absolute Gasteiger partial charge is 0.339 e. The third-order valence-electron chi connectivity index (χ3n) is 3.37. The number of hydrogen-bond acceptors (Lipinski definition) is 4. The number of carbonyl (C=O) groups excluding carboxylic acids is 2. The van der Waals surface area contributed by atoms with Gasteiger partial charge in [-0.15, -0.1) is 0 Å². The van der Waals surface area contributed by atoms with Gasteiger partial charge in [0.2, 0.25) is 0 Å². The van der Waals surface area contributed by atoms with E-state index in [0.29, 0.717) is 11.4 Å². The first-order valence-electron chi connectivity index (χ1n) is 7.43. The van der Waals surface area contributed by atoms with Gasteiger partial charge in [0.05, 0.1) is 18.4 Å². The Labute approximate surface area is 140 Å². The van der Waals surface area contributed by atoms with Crippen LogP contribution < -0.4 is 15.4 Å². The molecule has 2 N–H and O–H groups in total. The number of ether oxygens (including phenoxy) is 2. The summed E-state index contributed by atoms with van der Waals surface area (Å²) in [5.74, 6) is 0.188. The zero-order valence-electron chi connectivity index (χ0n) is 13.9. The van der Waals surface area contributed by atoms with Crippen molar-refractivity contribution in [1.82, 2.24) is 5.32 Å². The fourth-order valence-electron chi connectivity index (χ4n) is 2.19. The average Bonchev–Trinajstić information content (AvgIpc) is 2.56. The summed E-state index contributed by atoms with van der Waals surface area (Å²) in [7, 11) is 1.29. The molecule has 2 aromatic carbocycles. The third-order valence-corrected chi connectivity index (χ3v) is 3.37. The molecule has 0 aromatic heterocycles. The number of methoxy groups -OCH3 is 1. The third kappa shape index (κ3) is 4.49. The zero-order valence-corrected chi connectivity index (χ0v) is 13.9. The van der Waals surface area contributed by atoms with Crippen LogP contribution in [0.15, 0.2) is 42.5 Å². The summed E-state index contributed by atoms with van der Waals surface area (Å²) >= 11 is 0. The van der Waals surface area contributed by atoms with Crippen LogP contribution in [0.4, 0.5) is 10.5 Å². The number of rotatable bonds is 5. The van der Waals surface area contributed by atoms with Gasteiger partial charge in [0.15, 0.2) is 6.73 Å². The van der Waals surface area contributed by atoms with Gasteiger partial charge in [-0.3, -0.25) is 0 Å². The summed E-state index contributed by atoms with van der Waals surface area (Å²) in [5, 5.41) is 5.19. The number of hydrogen-bond donors (Lipinski definition) is 2. The van der Waals surface area contributed by atoms with E-state index in [4.69, 9.17) is 4.74 Å². The molecule has 0 atom stereocenters. The lowest BCUT2D eigenvalue weighted by atomic mass is 10.1. The van der Waals surface area contributed by atoms with E-state index in [2.05, 4.69) is 15.4 Å². The summed E-state index contributed by atoms with van der Waals surface area (Å²) in [6, 6.07) is 11.9. The highest BCUT2D eigenvalue weighted by Crippen LogP contribution is 2.18. The van der Waals surface area contributed by atoms with Crippen LogP contribution in [-0.2, 0) is 4.74 Å². The van der Waals surface area contributed by atoms with Gasteiger partial charge in [0, 0.05) is 0 Å². The first-order valence-corrected chi connectivity index (χ1v) is 7.43. The molecule has 6 nitrogen and oxygen atoms in total. The second-order valence-corrected chi connectivity index (χ2v) is 5.23. The molecule has 126 valence electrons. The van der Waals surface area contributed by atoms with Crippen molar-refractivity contribution in [3.8, 4) is 5.75 Å². The molecule has 2 amide bonds. The molecule has 0 aliphatic carbocycles. The topological polar surface area (TPSA) is 76.7 Å². The molecule has 2 rings (SSSR count). The van der Waals surface area contributed by atoms with Gasteiger partial charge < -0.3 is 20.1 Å². The van der Waals surface area contributed by atoms with Crippen molar-refractivity contribution in [2.45, 2.75) is 13.8 Å². The lowest BCUT2D eigenvalue weighted by molar-refractivity contribution is 0.0602. The Morgan fingerprint density at radius 1 is 1.08 bits per heavy atom. The van der Waals surface area contributed by atoms with Crippen molar-refractivity contribution in [3.05, 3.63) is 59.2 Å². The van der Waals surface area contributed by atoms with Crippen molar-refractivity contribution in [1.29, 1.82) is 0 Å². The zero-order chi connectivity index (χ0) is 17.5. The molecule has 0 aliphatic heterocycles. The monoisotopic (exact) mass is 328 g/mol. The van der Waals surface area contributed by atoms with Crippen molar-refractivity contribution < 1.29 is 19.1 Å². The van der Waals surface area contributed by atoms with E-state index in [-0.39, 0.29) is 12.3 Å². The van der Waals surface area contributed by atoms with Gasteiger partial charge in [-0.05, 0) is 37.6 Å². The lowest BCUT2D eigenvalue weighted by Gasteiger charge is -2.13. The molecule has 24 heavy (non-hydrogen) atoms. The normalized spacial score (nSPS) is 9.96. The van der Waals surface area contributed by atoms with Crippen LogP contribution in [0.25, 0.3) is 0 Å². The molecule has 0 fully saturated rings. The molecule has 0 radical (unpaired) electrons. The minimum Gasteiger partial charge on any atom is -0.473 e. The van der Waals surface area contributed by atoms with Crippen LogP contribution in [0.2, 0.25) is 0 Å². The van der Waals surface area contributed by atoms with Crippen LogP contribution in [0.1, 0.15) is 21.5 Å². The van der Waals surface area contributed by atoms with E-state index in [1.54, 1.807) is 24.3 Å². The van der Waals surface area contributed by atoms with Crippen molar-refractivity contribution in [3.63, 3.8) is 0 Å². The highest BCUT2D eigenvalue weighted by Gasteiger charge is 2.13. The maximum Gasteiger partial charge on any atom is 0.339 e. The van der Waals surface area contributed by atoms with Gasteiger partial charge >= 0.3 is 12.0 Å². The fourth-order valence-corrected chi connectivity index (χ4v) is 2.19. The summed E-state index contributed by atoms with van der Waals surface area (Å²) in [5.41, 5.74) is 2.79. The van der Waals surface area contributed by atoms with Crippen LogP contribution in [-0.4, -0.2) is 25.8 Å². The minimum absolute atomic E-state index is 0.0100. The maximum absolute atomic E-state index is 12.0. The Balaban J connectivity index is 1.91. The highest BCUT2D eigenvalue weighted by atomic mass is 16.5. The molecular weight excluding hydrogens is 308 g/mol. The van der Waals surface area contributed by atoms with E-state index in [1.807, 2.05) is 32.0 Å². The Morgan fingerprint density at radius 2 is 1.83 bits per heavy atom. The van der Waals surface area contributed by atoms with Gasteiger partial charge in [0.1, 0.15) is 5.75 Å². The Bertz CT molecular complexity index is 744. The Hall–Kier alpha value is -3.02. The predicted octanol–water partition coefficient (Wildman–Crippen LogP) is 3.25. The molecule has 0 heterocycles. The van der Waals surface area contributed by atoms with E-state index in [1.165, 1.54) is 7.11 Å². The van der Waals surface area contributed by atoms with Crippen LogP contribution >= 0.6 is 0 Å². The molecule has 0 saturated heterocycles. The first-order chi connectivity index (χ1) is 11.5. The Kier molecular flexibility index (Phi) is 5.78. The van der Waals surface area contributed by atoms with E-state index in [9.17, 15) is 9.59 Å². The van der Waals surface area contributed by atoms with E-state index >= 15 is 0 Å². The number of urea groups is 1. The number of esters is 1. The van der Waals surface area contributed by atoms with E-state index in [0.717, 1.165) is 11.1 Å². The predicted molar refractivity (Wildman–Crippen MR) is 91.3 cm³/mol. The number of para-hydroxylation sites is 1. The fraction of sp³-hybridized carbons (Fsp3) is 0.222. The van der Waals surface area contributed by atoms with Crippen LogP contribution in [0.5, 0.6) is 5.75 Å². The molecule has 0 unspecified atom stereocenters. The number of carbonyl (C=O) groups is 2. The number of nitrogens with one attached hydrogen (secondary N) is 2. The quantitative estimate of drug-likeness (QED) is 0.652. The standard InChI is InChI=1S/C18H20N2O4/c1-12-8-9-16(13(2)10-12)24-11-19-18(22)20-15-7-5-4-6-14(15)17(21)23-3/h4-10H,11H2,1-3H3,(H2,19,20,22). The maximum atomic E-state index is 12.0. The van der Waals surface area contributed by atoms with Gasteiger partial charge in [-0.1, -0.05) is 29.8 Å². The highest BCUT2D eigenvalue weighted by molar-refractivity contribution is 6.00. The van der Waals surface area contributed by atoms with Gasteiger partial charge in [0.25, 0.3) is 0 Å². The van der Waals surface area contributed by atoms with Crippen molar-refractivity contribution in [2.24, 2.45) is 0 Å². The summed E-state index contributed by atoms with van der Waals surface area (Å²) in [4.78, 5) is 23.6. The lowest BCUT2D eigenvalue weighted by Crippen LogP contribution is -2.32. The summed E-state index contributed by atoms with van der Waals surface area (Å²) < 4.78 is 10.2. The summed E-state index contributed by atoms with van der Waals surface area (Å²) in [6.07, 6.45) is 0. The van der Waals surface area contributed by atoms with E-state index < -0.39 is 12.0 Å². The van der Waals surface area contributed by atoms with Crippen LogP contribution in [0, 0.1) is 13.8 Å². The SMILES string of the molecule is COC(=O)c1ccccc1NC(=O)NCOc1ccc(C)cc1C. The molecule has 2 aromatic rings. The molecular formula is C18H20N2O4.